The van der Waals surface area contributed by atoms with Gasteiger partial charge in [-0.05, 0) is 24.6 Å². The van der Waals surface area contributed by atoms with Gasteiger partial charge >= 0.3 is 5.97 Å². The highest BCUT2D eigenvalue weighted by Gasteiger charge is 2.20. The number of aromatic hydroxyl groups is 1. The van der Waals surface area contributed by atoms with Crippen LogP contribution in [0.3, 0.4) is 0 Å². The molecule has 2 aromatic carbocycles. The summed E-state index contributed by atoms with van der Waals surface area (Å²) in [5.41, 5.74) is 6.90. The SMILES string of the molecule is C/C(=C\C(=O)O)c1ccc(N)c(C(=O)c2ccccc2)c1O.CC. The van der Waals surface area contributed by atoms with Gasteiger partial charge in [0.1, 0.15) is 5.75 Å². The molecule has 0 unspecified atom stereocenters. The van der Waals surface area contributed by atoms with E-state index in [1.165, 1.54) is 19.1 Å². The molecule has 4 N–H and O–H groups in total. The molecular formula is C19H21NO4. The van der Waals surface area contributed by atoms with Crippen LogP contribution < -0.4 is 5.73 Å². The Kier molecular flexibility index (Phi) is 6.74. The van der Waals surface area contributed by atoms with Crippen LogP contribution in [-0.4, -0.2) is 22.0 Å². The number of allylic oxidation sites excluding steroid dienone is 1. The third-order valence-corrected chi connectivity index (χ3v) is 3.24. The van der Waals surface area contributed by atoms with E-state index in [4.69, 9.17) is 10.8 Å². The molecule has 2 aromatic rings. The number of rotatable bonds is 4. The second-order valence-corrected chi connectivity index (χ2v) is 4.79. The van der Waals surface area contributed by atoms with Gasteiger partial charge in [-0.3, -0.25) is 4.79 Å². The van der Waals surface area contributed by atoms with Crippen molar-refractivity contribution in [2.45, 2.75) is 20.8 Å². The maximum atomic E-state index is 12.5. The number of hydrogen-bond donors (Lipinski definition) is 3. The number of carbonyl (C=O) groups is 2. The molecule has 5 heteroatoms. The monoisotopic (exact) mass is 327 g/mol. The number of anilines is 1. The minimum atomic E-state index is -1.13. The fourth-order valence-corrected chi connectivity index (χ4v) is 2.16. The van der Waals surface area contributed by atoms with Gasteiger partial charge in [0, 0.05) is 22.9 Å². The van der Waals surface area contributed by atoms with Crippen LogP contribution in [-0.2, 0) is 4.79 Å². The van der Waals surface area contributed by atoms with Gasteiger partial charge in [-0.25, -0.2) is 4.79 Å². The predicted molar refractivity (Wildman–Crippen MR) is 95.0 cm³/mol. The quantitative estimate of drug-likeness (QED) is 0.451. The first-order valence-corrected chi connectivity index (χ1v) is 7.54. The van der Waals surface area contributed by atoms with Crippen molar-refractivity contribution in [3.63, 3.8) is 0 Å². The van der Waals surface area contributed by atoms with E-state index < -0.39 is 11.8 Å². The van der Waals surface area contributed by atoms with Crippen LogP contribution in [0.5, 0.6) is 5.75 Å². The third-order valence-electron chi connectivity index (χ3n) is 3.24. The molecule has 0 saturated heterocycles. The lowest BCUT2D eigenvalue weighted by Crippen LogP contribution is -2.07. The van der Waals surface area contributed by atoms with Crippen molar-refractivity contribution in [1.29, 1.82) is 0 Å². The number of carbonyl (C=O) groups excluding carboxylic acids is 1. The van der Waals surface area contributed by atoms with Gasteiger partial charge in [0.2, 0.25) is 0 Å². The number of nitrogens with two attached hydrogens (primary N) is 1. The second kappa shape index (κ2) is 8.53. The number of carboxylic acid groups (broad SMARTS) is 1. The maximum Gasteiger partial charge on any atom is 0.328 e. The Morgan fingerprint density at radius 2 is 1.62 bits per heavy atom. The Hall–Kier alpha value is -3.08. The zero-order valence-electron chi connectivity index (χ0n) is 13.9. The lowest BCUT2D eigenvalue weighted by atomic mass is 9.95. The Labute approximate surface area is 141 Å². The van der Waals surface area contributed by atoms with Gasteiger partial charge in [-0.2, -0.15) is 0 Å². The molecule has 5 nitrogen and oxygen atoms in total. The number of phenols is 1. The fraction of sp³-hybridized carbons (Fsp3) is 0.158. The van der Waals surface area contributed by atoms with Crippen LogP contribution >= 0.6 is 0 Å². The number of nitrogen functional groups attached to an aromatic ring is 1. The summed E-state index contributed by atoms with van der Waals surface area (Å²) >= 11 is 0. The number of aliphatic carboxylic acids is 1. The molecular weight excluding hydrogens is 306 g/mol. The van der Waals surface area contributed by atoms with Gasteiger partial charge in [0.25, 0.3) is 0 Å². The van der Waals surface area contributed by atoms with E-state index in [0.717, 1.165) is 6.08 Å². The fourth-order valence-electron chi connectivity index (χ4n) is 2.16. The van der Waals surface area contributed by atoms with Crippen molar-refractivity contribution in [1.82, 2.24) is 0 Å². The van der Waals surface area contributed by atoms with Gasteiger partial charge in [-0.1, -0.05) is 44.2 Å². The summed E-state index contributed by atoms with van der Waals surface area (Å²) in [6.07, 6.45) is 0.960. The molecule has 0 heterocycles. The maximum absolute atomic E-state index is 12.5. The van der Waals surface area contributed by atoms with E-state index in [1.54, 1.807) is 30.3 Å². The number of benzene rings is 2. The molecule has 0 bridgehead atoms. The van der Waals surface area contributed by atoms with Crippen molar-refractivity contribution >= 4 is 23.0 Å². The van der Waals surface area contributed by atoms with Crippen molar-refractivity contribution in [2.24, 2.45) is 0 Å². The topological polar surface area (TPSA) is 101 Å². The molecule has 2 rings (SSSR count). The Balaban J connectivity index is 0.00000139. The Morgan fingerprint density at radius 1 is 1.04 bits per heavy atom. The predicted octanol–water partition coefficient (Wildman–Crippen LogP) is 3.72. The van der Waals surface area contributed by atoms with Crippen LogP contribution in [0.25, 0.3) is 5.57 Å². The molecule has 126 valence electrons. The van der Waals surface area contributed by atoms with Crippen LogP contribution in [0.15, 0.2) is 48.5 Å². The molecule has 0 radical (unpaired) electrons. The zero-order chi connectivity index (χ0) is 18.3. The van der Waals surface area contributed by atoms with Crippen molar-refractivity contribution in [3.05, 3.63) is 65.2 Å². The molecule has 0 amide bonds. The lowest BCUT2D eigenvalue weighted by molar-refractivity contribution is -0.131. The summed E-state index contributed by atoms with van der Waals surface area (Å²) in [6.45, 7) is 5.54. The minimum Gasteiger partial charge on any atom is -0.506 e. The summed E-state index contributed by atoms with van der Waals surface area (Å²) in [6, 6.07) is 11.4. The summed E-state index contributed by atoms with van der Waals surface area (Å²) in [4.78, 5) is 23.3. The normalized spacial score (nSPS) is 10.5. The first kappa shape index (κ1) is 19.0. The van der Waals surface area contributed by atoms with E-state index in [0.29, 0.717) is 11.1 Å². The van der Waals surface area contributed by atoms with Crippen LogP contribution in [0.4, 0.5) is 5.69 Å². The third kappa shape index (κ3) is 4.23. The lowest BCUT2D eigenvalue weighted by Gasteiger charge is -2.12. The number of carboxylic acids is 1. The zero-order valence-corrected chi connectivity index (χ0v) is 13.9. The van der Waals surface area contributed by atoms with Gasteiger partial charge in [0.15, 0.2) is 5.78 Å². The number of phenolic OH excluding ortho intramolecular Hbond substituents is 1. The second-order valence-electron chi connectivity index (χ2n) is 4.79. The first-order chi connectivity index (χ1) is 11.4. The number of ketones is 1. The average molecular weight is 327 g/mol. The van der Waals surface area contributed by atoms with Gasteiger partial charge < -0.3 is 15.9 Å². The molecule has 0 aliphatic carbocycles. The largest absolute Gasteiger partial charge is 0.506 e. The number of hydrogen-bond acceptors (Lipinski definition) is 4. The van der Waals surface area contributed by atoms with Crippen LogP contribution in [0.2, 0.25) is 0 Å². The summed E-state index contributed by atoms with van der Waals surface area (Å²) in [7, 11) is 0. The highest BCUT2D eigenvalue weighted by Crippen LogP contribution is 2.34. The Bertz CT molecular complexity index is 764. The van der Waals surface area contributed by atoms with Crippen molar-refractivity contribution in [2.75, 3.05) is 5.73 Å². The molecule has 0 fully saturated rings. The molecule has 0 atom stereocenters. The van der Waals surface area contributed by atoms with Crippen molar-refractivity contribution < 1.29 is 19.8 Å². The average Bonchev–Trinajstić information content (AvgIpc) is 2.56. The standard InChI is InChI=1S/C17H15NO4.C2H6/c1-10(9-14(19)20)12-7-8-13(18)15(17(12)22)16(21)11-5-3-2-4-6-11;1-2/h2-9,22H,18H2,1H3,(H,19,20);1-2H3/b10-9+;. The van der Waals surface area contributed by atoms with Crippen LogP contribution in [0, 0.1) is 0 Å². The molecule has 24 heavy (non-hydrogen) atoms. The van der Waals surface area contributed by atoms with E-state index in [2.05, 4.69) is 0 Å². The molecule has 0 aliphatic rings. The van der Waals surface area contributed by atoms with E-state index in [1.807, 2.05) is 13.8 Å². The summed E-state index contributed by atoms with van der Waals surface area (Å²) in [5.74, 6) is -1.87. The summed E-state index contributed by atoms with van der Waals surface area (Å²) < 4.78 is 0. The van der Waals surface area contributed by atoms with Crippen LogP contribution in [0.1, 0.15) is 42.3 Å². The first-order valence-electron chi connectivity index (χ1n) is 7.54. The van der Waals surface area contributed by atoms with E-state index in [9.17, 15) is 14.7 Å². The molecule has 0 aliphatic heterocycles. The highest BCUT2D eigenvalue weighted by molar-refractivity contribution is 6.14. The van der Waals surface area contributed by atoms with Gasteiger partial charge in [-0.15, -0.1) is 0 Å². The Morgan fingerprint density at radius 3 is 2.17 bits per heavy atom. The smallest absolute Gasteiger partial charge is 0.328 e. The highest BCUT2D eigenvalue weighted by atomic mass is 16.4. The molecule has 0 spiro atoms. The van der Waals surface area contributed by atoms with E-state index in [-0.39, 0.29) is 22.6 Å². The molecule has 0 saturated carbocycles. The molecule has 0 aromatic heterocycles. The van der Waals surface area contributed by atoms with Gasteiger partial charge in [0.05, 0.1) is 5.56 Å². The summed E-state index contributed by atoms with van der Waals surface area (Å²) in [5, 5.41) is 19.1. The van der Waals surface area contributed by atoms with E-state index >= 15 is 0 Å². The minimum absolute atomic E-state index is 0.0261. The van der Waals surface area contributed by atoms with Crippen molar-refractivity contribution in [3.8, 4) is 5.75 Å².